The number of rotatable bonds is 46. The van der Waals surface area contributed by atoms with Gasteiger partial charge in [0.1, 0.15) is 13.2 Å². The molecule has 0 unspecified atom stereocenters. The minimum atomic E-state index is -0.792. The van der Waals surface area contributed by atoms with Crippen LogP contribution in [0, 0.1) is 0 Å². The zero-order valence-electron chi connectivity index (χ0n) is 40.2. The van der Waals surface area contributed by atoms with Gasteiger partial charge in [0.05, 0.1) is 0 Å². The van der Waals surface area contributed by atoms with Crippen LogP contribution in [0.3, 0.4) is 0 Å². The van der Waals surface area contributed by atoms with Crippen LogP contribution in [0.1, 0.15) is 252 Å². The van der Waals surface area contributed by atoms with Gasteiger partial charge in [-0.1, -0.05) is 236 Å². The summed E-state index contributed by atoms with van der Waals surface area (Å²) < 4.78 is 16.7. The van der Waals surface area contributed by atoms with E-state index in [1.165, 1.54) is 128 Å². The Kier molecular flexibility index (Phi) is 47.4. The normalized spacial score (nSPS) is 12.5. The maximum atomic E-state index is 12.8. The lowest BCUT2D eigenvalue weighted by Crippen LogP contribution is -2.30. The molecule has 352 valence electrons. The average Bonchev–Trinajstić information content (AvgIpc) is 3.26. The number of ether oxygens (including phenoxy) is 3. The molecule has 0 aliphatic carbocycles. The van der Waals surface area contributed by atoms with Crippen molar-refractivity contribution in [1.29, 1.82) is 0 Å². The summed E-state index contributed by atoms with van der Waals surface area (Å²) >= 11 is 0. The molecule has 1 atom stereocenters. The molecule has 0 radical (unpaired) electrons. The number of hydrogen-bond donors (Lipinski definition) is 0. The van der Waals surface area contributed by atoms with Crippen LogP contribution in [0.5, 0.6) is 0 Å². The van der Waals surface area contributed by atoms with Crippen molar-refractivity contribution in [3.8, 4) is 0 Å². The van der Waals surface area contributed by atoms with E-state index in [-0.39, 0.29) is 37.5 Å². The van der Waals surface area contributed by atoms with E-state index in [0.29, 0.717) is 19.3 Å². The van der Waals surface area contributed by atoms with E-state index in [9.17, 15) is 14.4 Å². The van der Waals surface area contributed by atoms with Crippen LogP contribution < -0.4 is 0 Å². The second-order valence-electron chi connectivity index (χ2n) is 17.1. The number of unbranched alkanes of at least 4 members (excludes halogenated alkanes) is 25. The molecule has 0 bridgehead atoms. The number of carbonyl (C=O) groups excluding carboxylic acids is 3. The lowest BCUT2D eigenvalue weighted by molar-refractivity contribution is -0.167. The van der Waals surface area contributed by atoms with Gasteiger partial charge in [-0.05, 0) is 57.8 Å². The summed E-state index contributed by atoms with van der Waals surface area (Å²) in [4.78, 5) is 37.9. The van der Waals surface area contributed by atoms with Gasteiger partial charge in [0, 0.05) is 19.3 Å². The molecule has 0 aromatic carbocycles. The van der Waals surface area contributed by atoms with Crippen molar-refractivity contribution in [3.05, 3.63) is 60.8 Å². The predicted octanol–water partition coefficient (Wildman–Crippen LogP) is 16.9. The molecule has 0 aromatic heterocycles. The molecular weight excluding hydrogens is 757 g/mol. The first-order valence-electron chi connectivity index (χ1n) is 25.8. The van der Waals surface area contributed by atoms with Crippen molar-refractivity contribution >= 4 is 17.9 Å². The Bertz CT molecular complexity index is 1120. The summed E-state index contributed by atoms with van der Waals surface area (Å²) in [5, 5.41) is 0. The minimum Gasteiger partial charge on any atom is -0.462 e. The van der Waals surface area contributed by atoms with Crippen LogP contribution >= 0.6 is 0 Å². The van der Waals surface area contributed by atoms with Gasteiger partial charge in [0.2, 0.25) is 0 Å². The van der Waals surface area contributed by atoms with Crippen molar-refractivity contribution in [2.75, 3.05) is 13.2 Å². The Morgan fingerprint density at radius 3 is 1.00 bits per heavy atom. The minimum absolute atomic E-state index is 0.0884. The molecule has 0 spiro atoms. The van der Waals surface area contributed by atoms with Gasteiger partial charge >= 0.3 is 17.9 Å². The highest BCUT2D eigenvalue weighted by atomic mass is 16.6. The second kappa shape index (κ2) is 49.8. The summed E-state index contributed by atoms with van der Waals surface area (Å²) in [5.41, 5.74) is 0. The van der Waals surface area contributed by atoms with Crippen LogP contribution in [-0.4, -0.2) is 37.2 Å². The molecule has 0 aliphatic heterocycles. The van der Waals surface area contributed by atoms with Crippen molar-refractivity contribution in [2.24, 2.45) is 0 Å². The van der Waals surface area contributed by atoms with Crippen molar-refractivity contribution < 1.29 is 28.6 Å². The molecule has 0 N–H and O–H groups in total. The van der Waals surface area contributed by atoms with Crippen LogP contribution in [0.2, 0.25) is 0 Å². The molecule has 0 heterocycles. The zero-order chi connectivity index (χ0) is 44.4. The fourth-order valence-electron chi connectivity index (χ4n) is 7.18. The molecule has 0 saturated carbocycles. The highest BCUT2D eigenvalue weighted by molar-refractivity contribution is 5.71. The van der Waals surface area contributed by atoms with Gasteiger partial charge in [-0.15, -0.1) is 0 Å². The smallest absolute Gasteiger partial charge is 0.306 e. The molecule has 6 nitrogen and oxygen atoms in total. The van der Waals surface area contributed by atoms with E-state index in [2.05, 4.69) is 81.5 Å². The molecule has 0 aliphatic rings. The first-order chi connectivity index (χ1) is 30.0. The lowest BCUT2D eigenvalue weighted by Gasteiger charge is -2.18. The largest absolute Gasteiger partial charge is 0.462 e. The van der Waals surface area contributed by atoms with Gasteiger partial charge < -0.3 is 14.2 Å². The highest BCUT2D eigenvalue weighted by Gasteiger charge is 2.19. The number of allylic oxidation sites excluding steroid dienone is 10. The van der Waals surface area contributed by atoms with Crippen LogP contribution in [0.25, 0.3) is 0 Å². The summed E-state index contributed by atoms with van der Waals surface area (Å²) in [5.74, 6) is -0.942. The Labute approximate surface area is 377 Å². The summed E-state index contributed by atoms with van der Waals surface area (Å²) in [6.45, 7) is 6.48. The third-order valence-electron chi connectivity index (χ3n) is 11.0. The Morgan fingerprint density at radius 2 is 0.639 bits per heavy atom. The first kappa shape index (κ1) is 58.1. The van der Waals surface area contributed by atoms with Crippen LogP contribution in [-0.2, 0) is 28.6 Å². The maximum Gasteiger partial charge on any atom is 0.306 e. The van der Waals surface area contributed by atoms with E-state index in [1.54, 1.807) is 0 Å². The Hall–Kier alpha value is -2.89. The van der Waals surface area contributed by atoms with Gasteiger partial charge in [0.25, 0.3) is 0 Å². The molecule has 0 fully saturated rings. The van der Waals surface area contributed by atoms with Gasteiger partial charge in [-0.25, -0.2) is 0 Å². The zero-order valence-corrected chi connectivity index (χ0v) is 40.2. The molecule has 0 saturated heterocycles. The Morgan fingerprint density at radius 1 is 0.344 bits per heavy atom. The van der Waals surface area contributed by atoms with Crippen molar-refractivity contribution in [3.63, 3.8) is 0 Å². The van der Waals surface area contributed by atoms with Gasteiger partial charge in [-0.3, -0.25) is 14.4 Å². The van der Waals surface area contributed by atoms with E-state index in [1.807, 2.05) is 0 Å². The summed E-state index contributed by atoms with van der Waals surface area (Å²) in [6, 6.07) is 0. The van der Waals surface area contributed by atoms with E-state index in [4.69, 9.17) is 14.2 Å². The third kappa shape index (κ3) is 48.0. The van der Waals surface area contributed by atoms with E-state index >= 15 is 0 Å². The van der Waals surface area contributed by atoms with Gasteiger partial charge in [0.15, 0.2) is 6.10 Å². The topological polar surface area (TPSA) is 78.9 Å². The SMILES string of the molecule is CC/C=C\C/C=C\C/C=C\C/C=C\C/C=C\CCCC(=O)OC[C@@H](COC(=O)CCCCCCCCCCCCCCC)OC(=O)CCCCCCCCCCCCCCC. The van der Waals surface area contributed by atoms with E-state index < -0.39 is 6.10 Å². The third-order valence-corrected chi connectivity index (χ3v) is 11.0. The maximum absolute atomic E-state index is 12.8. The fraction of sp³-hybridized carbons (Fsp3) is 0.764. The average molecular weight is 853 g/mol. The quantitative estimate of drug-likeness (QED) is 0.0263. The monoisotopic (exact) mass is 853 g/mol. The Balaban J connectivity index is 4.44. The second-order valence-corrected chi connectivity index (χ2v) is 17.1. The molecule has 0 rings (SSSR count). The number of hydrogen-bond acceptors (Lipinski definition) is 6. The standard InChI is InChI=1S/C55H96O6/c1-4-7-10-13-16-19-22-25-26-27-28-31-33-36-39-42-45-48-54(57)60-51-52(61-55(58)49-46-43-40-37-34-30-24-21-18-15-12-9-6-3)50-59-53(56)47-44-41-38-35-32-29-23-20-17-14-11-8-5-2/h7,10,16,19,25-26,28,31,36,39,52H,4-6,8-9,11-15,17-18,20-24,27,29-30,32-35,37-38,40-51H2,1-3H3/b10-7-,19-16-,26-25-,31-28-,39-36-/t52-/m1/s1. The first-order valence-corrected chi connectivity index (χ1v) is 25.8. The highest BCUT2D eigenvalue weighted by Crippen LogP contribution is 2.15. The van der Waals surface area contributed by atoms with Crippen LogP contribution in [0.4, 0.5) is 0 Å². The predicted molar refractivity (Wildman–Crippen MR) is 261 cm³/mol. The fourth-order valence-corrected chi connectivity index (χ4v) is 7.18. The molecular formula is C55H96O6. The van der Waals surface area contributed by atoms with Crippen molar-refractivity contribution in [2.45, 2.75) is 258 Å². The molecule has 0 aromatic rings. The molecule has 6 heteroatoms. The molecule has 0 amide bonds. The number of esters is 3. The summed E-state index contributed by atoms with van der Waals surface area (Å²) in [7, 11) is 0. The number of carbonyl (C=O) groups is 3. The summed E-state index contributed by atoms with van der Waals surface area (Å²) in [6.07, 6.45) is 60.6. The van der Waals surface area contributed by atoms with Gasteiger partial charge in [-0.2, -0.15) is 0 Å². The molecule has 61 heavy (non-hydrogen) atoms. The lowest BCUT2D eigenvalue weighted by atomic mass is 10.0. The van der Waals surface area contributed by atoms with E-state index in [0.717, 1.165) is 77.0 Å². The van der Waals surface area contributed by atoms with Crippen molar-refractivity contribution in [1.82, 2.24) is 0 Å². The van der Waals surface area contributed by atoms with Crippen LogP contribution in [0.15, 0.2) is 60.8 Å².